The predicted molar refractivity (Wildman–Crippen MR) is 137 cm³/mol. The Bertz CT molecular complexity index is 1210. The minimum absolute atomic E-state index is 0.0293. The van der Waals surface area contributed by atoms with Crippen LogP contribution >= 0.6 is 11.8 Å². The van der Waals surface area contributed by atoms with Gasteiger partial charge in [0.1, 0.15) is 5.75 Å². The zero-order chi connectivity index (χ0) is 23.9. The molecule has 0 aliphatic rings. The molecule has 4 rings (SSSR count). The number of aromatic nitrogens is 3. The molecular weight excluding hydrogens is 444 g/mol. The van der Waals surface area contributed by atoms with Crippen LogP contribution in [0, 0.1) is 0 Å². The average Bonchev–Trinajstić information content (AvgIpc) is 3.31. The lowest BCUT2D eigenvalue weighted by molar-refractivity contribution is -0.120. The molecule has 1 N–H and O–H groups in total. The third kappa shape index (κ3) is 5.48. The topological polar surface area (TPSA) is 69.0 Å². The van der Waals surface area contributed by atoms with Gasteiger partial charge in [-0.2, -0.15) is 0 Å². The fourth-order valence-corrected chi connectivity index (χ4v) is 4.48. The van der Waals surface area contributed by atoms with Gasteiger partial charge in [-0.15, -0.1) is 10.2 Å². The first kappa shape index (κ1) is 23.6. The number of amides is 1. The van der Waals surface area contributed by atoms with E-state index in [-0.39, 0.29) is 17.1 Å². The molecule has 1 heterocycles. The number of thioether (sulfide) groups is 1. The molecule has 0 bridgehead atoms. The van der Waals surface area contributed by atoms with Crippen molar-refractivity contribution in [1.82, 2.24) is 20.1 Å². The molecule has 1 aromatic heterocycles. The van der Waals surface area contributed by atoms with E-state index in [0.717, 1.165) is 22.8 Å². The molecule has 0 radical (unpaired) electrons. The first-order valence-corrected chi connectivity index (χ1v) is 12.1. The van der Waals surface area contributed by atoms with Gasteiger partial charge in [-0.25, -0.2) is 0 Å². The van der Waals surface area contributed by atoms with Gasteiger partial charge in [0.2, 0.25) is 5.91 Å². The molecular formula is C27H28N4O2S. The quantitative estimate of drug-likeness (QED) is 0.333. The van der Waals surface area contributed by atoms with Crippen LogP contribution in [-0.2, 0) is 4.79 Å². The Kier molecular flexibility index (Phi) is 7.65. The Labute approximate surface area is 204 Å². The molecule has 0 saturated carbocycles. The molecule has 174 valence electrons. The SMILES string of the molecule is COc1ccc(-n2c(SC(C)C(=O)NCC(C)c3ccccc3)nnc2-c2ccccc2)cc1. The number of rotatable bonds is 9. The molecule has 0 spiro atoms. The van der Waals surface area contributed by atoms with Gasteiger partial charge in [0.05, 0.1) is 12.4 Å². The minimum Gasteiger partial charge on any atom is -0.497 e. The fraction of sp³-hybridized carbons (Fsp3) is 0.222. The highest BCUT2D eigenvalue weighted by Gasteiger charge is 2.22. The van der Waals surface area contributed by atoms with Crippen molar-refractivity contribution in [3.63, 3.8) is 0 Å². The van der Waals surface area contributed by atoms with Crippen LogP contribution in [0.4, 0.5) is 0 Å². The zero-order valence-corrected chi connectivity index (χ0v) is 20.3. The number of carbonyl (C=O) groups excluding carboxylic acids is 1. The van der Waals surface area contributed by atoms with E-state index in [1.165, 1.54) is 17.3 Å². The smallest absolute Gasteiger partial charge is 0.233 e. The Balaban J connectivity index is 1.53. The second kappa shape index (κ2) is 11.0. The summed E-state index contributed by atoms with van der Waals surface area (Å²) in [5.74, 6) is 1.69. The Morgan fingerprint density at radius 3 is 2.24 bits per heavy atom. The van der Waals surface area contributed by atoms with Gasteiger partial charge in [0.15, 0.2) is 11.0 Å². The van der Waals surface area contributed by atoms with E-state index < -0.39 is 0 Å². The summed E-state index contributed by atoms with van der Waals surface area (Å²) in [6.45, 7) is 4.58. The number of hydrogen-bond donors (Lipinski definition) is 1. The summed E-state index contributed by atoms with van der Waals surface area (Å²) in [5, 5.41) is 12.3. The number of hydrogen-bond acceptors (Lipinski definition) is 5. The van der Waals surface area contributed by atoms with Gasteiger partial charge in [-0.05, 0) is 42.7 Å². The van der Waals surface area contributed by atoms with E-state index >= 15 is 0 Å². The van der Waals surface area contributed by atoms with Gasteiger partial charge < -0.3 is 10.1 Å². The molecule has 6 nitrogen and oxygen atoms in total. The molecule has 7 heteroatoms. The van der Waals surface area contributed by atoms with E-state index in [4.69, 9.17) is 4.74 Å². The standard InChI is InChI=1S/C27H28N4O2S/c1-19(21-10-6-4-7-11-21)18-28-26(32)20(2)34-27-30-29-25(22-12-8-5-9-13-22)31(27)23-14-16-24(33-3)17-15-23/h4-17,19-20H,18H2,1-3H3,(H,28,32). The lowest BCUT2D eigenvalue weighted by Crippen LogP contribution is -2.33. The molecule has 0 aliphatic heterocycles. The van der Waals surface area contributed by atoms with Gasteiger partial charge in [0.25, 0.3) is 0 Å². The maximum Gasteiger partial charge on any atom is 0.233 e. The first-order valence-electron chi connectivity index (χ1n) is 11.2. The van der Waals surface area contributed by atoms with E-state index in [1.807, 2.05) is 84.3 Å². The van der Waals surface area contributed by atoms with Crippen molar-refractivity contribution >= 4 is 17.7 Å². The second-order valence-corrected chi connectivity index (χ2v) is 9.33. The average molecular weight is 473 g/mol. The van der Waals surface area contributed by atoms with Crippen LogP contribution in [0.5, 0.6) is 5.75 Å². The maximum atomic E-state index is 12.9. The number of nitrogens with one attached hydrogen (secondary N) is 1. The number of carbonyl (C=O) groups is 1. The molecule has 0 saturated heterocycles. The van der Waals surface area contributed by atoms with E-state index in [1.54, 1.807) is 7.11 Å². The van der Waals surface area contributed by atoms with Crippen LogP contribution in [0.15, 0.2) is 90.1 Å². The first-order chi connectivity index (χ1) is 16.6. The highest BCUT2D eigenvalue weighted by atomic mass is 32.2. The lowest BCUT2D eigenvalue weighted by Gasteiger charge is -2.16. The molecule has 0 aliphatic carbocycles. The van der Waals surface area contributed by atoms with Crippen molar-refractivity contribution in [2.75, 3.05) is 13.7 Å². The summed E-state index contributed by atoms with van der Waals surface area (Å²) in [7, 11) is 1.64. The third-order valence-corrected chi connectivity index (χ3v) is 6.64. The van der Waals surface area contributed by atoms with Crippen LogP contribution in [-0.4, -0.2) is 39.6 Å². The summed E-state index contributed by atoms with van der Waals surface area (Å²) in [5.41, 5.74) is 3.05. The molecule has 2 unspecified atom stereocenters. The molecule has 3 aromatic carbocycles. The van der Waals surface area contributed by atoms with Gasteiger partial charge in [-0.1, -0.05) is 79.3 Å². The van der Waals surface area contributed by atoms with Crippen LogP contribution in [0.2, 0.25) is 0 Å². The fourth-order valence-electron chi connectivity index (χ4n) is 3.59. The van der Waals surface area contributed by atoms with Crippen molar-refractivity contribution in [3.05, 3.63) is 90.5 Å². The normalized spacial score (nSPS) is 12.7. The van der Waals surface area contributed by atoms with E-state index in [2.05, 4.69) is 34.6 Å². The second-order valence-electron chi connectivity index (χ2n) is 8.02. The van der Waals surface area contributed by atoms with Gasteiger partial charge in [0, 0.05) is 17.8 Å². The summed E-state index contributed by atoms with van der Waals surface area (Å²) >= 11 is 1.39. The predicted octanol–water partition coefficient (Wildman–Crippen LogP) is 5.34. The van der Waals surface area contributed by atoms with Crippen LogP contribution in [0.3, 0.4) is 0 Å². The van der Waals surface area contributed by atoms with Crippen molar-refractivity contribution in [2.24, 2.45) is 0 Å². The van der Waals surface area contributed by atoms with Crippen molar-refractivity contribution in [3.8, 4) is 22.8 Å². The lowest BCUT2D eigenvalue weighted by atomic mass is 10.0. The van der Waals surface area contributed by atoms with E-state index in [9.17, 15) is 4.79 Å². The summed E-state index contributed by atoms with van der Waals surface area (Å²) in [6, 6.07) is 27.8. The highest BCUT2D eigenvalue weighted by molar-refractivity contribution is 8.00. The Morgan fingerprint density at radius 2 is 1.59 bits per heavy atom. The minimum atomic E-state index is -0.340. The number of benzene rings is 3. The molecule has 4 aromatic rings. The zero-order valence-electron chi connectivity index (χ0n) is 19.5. The Hall–Kier alpha value is -3.58. The summed E-state index contributed by atoms with van der Waals surface area (Å²) < 4.78 is 7.29. The molecule has 0 fully saturated rings. The maximum absolute atomic E-state index is 12.9. The van der Waals surface area contributed by atoms with Crippen LogP contribution in [0.25, 0.3) is 17.1 Å². The molecule has 1 amide bonds. The highest BCUT2D eigenvalue weighted by Crippen LogP contribution is 2.31. The number of nitrogens with zero attached hydrogens (tertiary/aromatic N) is 3. The number of ether oxygens (including phenoxy) is 1. The van der Waals surface area contributed by atoms with Gasteiger partial charge in [-0.3, -0.25) is 9.36 Å². The number of methoxy groups -OCH3 is 1. The molecule has 34 heavy (non-hydrogen) atoms. The van der Waals surface area contributed by atoms with Gasteiger partial charge >= 0.3 is 0 Å². The van der Waals surface area contributed by atoms with Crippen molar-refractivity contribution in [2.45, 2.75) is 30.2 Å². The molecule has 2 atom stereocenters. The third-order valence-electron chi connectivity index (χ3n) is 5.60. The van der Waals surface area contributed by atoms with Crippen LogP contribution < -0.4 is 10.1 Å². The summed E-state index contributed by atoms with van der Waals surface area (Å²) in [4.78, 5) is 12.9. The Morgan fingerprint density at radius 1 is 0.941 bits per heavy atom. The van der Waals surface area contributed by atoms with Crippen molar-refractivity contribution < 1.29 is 9.53 Å². The van der Waals surface area contributed by atoms with E-state index in [0.29, 0.717) is 11.7 Å². The van der Waals surface area contributed by atoms with Crippen molar-refractivity contribution in [1.29, 1.82) is 0 Å². The monoisotopic (exact) mass is 472 g/mol. The summed E-state index contributed by atoms with van der Waals surface area (Å²) in [6.07, 6.45) is 0. The van der Waals surface area contributed by atoms with Crippen LogP contribution in [0.1, 0.15) is 25.3 Å². The largest absolute Gasteiger partial charge is 0.497 e.